The first-order chi connectivity index (χ1) is 8.49. The Morgan fingerprint density at radius 2 is 2.06 bits per heavy atom. The first-order valence-electron chi connectivity index (χ1n) is 6.02. The normalized spacial score (nSPS) is 12.0. The fourth-order valence-corrected chi connectivity index (χ4v) is 1.61. The summed E-state index contributed by atoms with van der Waals surface area (Å²) in [6.45, 7) is 8.41. The largest absolute Gasteiger partial charge is 0.361 e. The molecular formula is C12H19N3O3. The average Bonchev–Trinajstić information content (AvgIpc) is 2.77. The van der Waals surface area contributed by atoms with Gasteiger partial charge in [0.05, 0.1) is 0 Å². The Bertz CT molecular complexity index is 424. The summed E-state index contributed by atoms with van der Waals surface area (Å²) >= 11 is 0. The molecule has 1 heterocycles. The monoisotopic (exact) mass is 253 g/mol. The Kier molecular flexibility index (Phi) is 4.88. The van der Waals surface area contributed by atoms with E-state index in [4.69, 9.17) is 4.52 Å². The Balaban J connectivity index is 2.62. The molecule has 0 aliphatic heterocycles. The SMILES string of the molecule is CCN(CC)C(=O)[C@@H](C)NC(=O)c1cc(C)on1. The maximum Gasteiger partial charge on any atom is 0.274 e. The van der Waals surface area contributed by atoms with Crippen LogP contribution in [0.3, 0.4) is 0 Å². The minimum absolute atomic E-state index is 0.103. The highest BCUT2D eigenvalue weighted by Crippen LogP contribution is 2.02. The standard InChI is InChI=1S/C12H19N3O3/c1-5-15(6-2)12(17)9(4)13-11(16)10-7-8(3)18-14-10/h7,9H,5-6H2,1-4H3,(H,13,16)/t9-/m1/s1. The number of rotatable bonds is 5. The van der Waals surface area contributed by atoms with Crippen molar-refractivity contribution in [1.29, 1.82) is 0 Å². The molecule has 100 valence electrons. The van der Waals surface area contributed by atoms with Gasteiger partial charge < -0.3 is 14.7 Å². The van der Waals surface area contributed by atoms with E-state index >= 15 is 0 Å². The summed E-state index contributed by atoms with van der Waals surface area (Å²) in [5.74, 6) is 0.0521. The van der Waals surface area contributed by atoms with Crippen molar-refractivity contribution < 1.29 is 14.1 Å². The third kappa shape index (κ3) is 3.32. The molecule has 1 aromatic rings. The van der Waals surface area contributed by atoms with Gasteiger partial charge in [-0.05, 0) is 27.7 Å². The minimum Gasteiger partial charge on any atom is -0.361 e. The zero-order valence-corrected chi connectivity index (χ0v) is 11.2. The molecule has 6 nitrogen and oxygen atoms in total. The maximum absolute atomic E-state index is 11.9. The topological polar surface area (TPSA) is 75.4 Å². The molecule has 0 unspecified atom stereocenters. The zero-order valence-electron chi connectivity index (χ0n) is 11.2. The van der Waals surface area contributed by atoms with Crippen molar-refractivity contribution >= 4 is 11.8 Å². The van der Waals surface area contributed by atoms with Crippen LogP contribution in [-0.2, 0) is 4.79 Å². The molecule has 0 aliphatic rings. The van der Waals surface area contributed by atoms with Gasteiger partial charge in [0.15, 0.2) is 5.69 Å². The molecule has 1 atom stereocenters. The van der Waals surface area contributed by atoms with E-state index in [1.165, 1.54) is 6.07 Å². The molecule has 0 aliphatic carbocycles. The highest BCUT2D eigenvalue weighted by molar-refractivity contribution is 5.95. The van der Waals surface area contributed by atoms with E-state index < -0.39 is 11.9 Å². The summed E-state index contributed by atoms with van der Waals surface area (Å²) in [4.78, 5) is 25.4. The minimum atomic E-state index is -0.575. The molecule has 6 heteroatoms. The molecule has 0 saturated heterocycles. The molecule has 2 amide bonds. The van der Waals surface area contributed by atoms with E-state index in [1.807, 2.05) is 13.8 Å². The molecule has 0 aromatic carbocycles. The van der Waals surface area contributed by atoms with Gasteiger partial charge in [-0.15, -0.1) is 0 Å². The van der Waals surface area contributed by atoms with Crippen LogP contribution < -0.4 is 5.32 Å². The summed E-state index contributed by atoms with van der Waals surface area (Å²) in [7, 11) is 0. The lowest BCUT2D eigenvalue weighted by molar-refractivity contribution is -0.132. The van der Waals surface area contributed by atoms with Crippen molar-refractivity contribution in [2.24, 2.45) is 0 Å². The van der Waals surface area contributed by atoms with Crippen LogP contribution in [0.5, 0.6) is 0 Å². The van der Waals surface area contributed by atoms with Crippen LogP contribution in [-0.4, -0.2) is 41.0 Å². The number of nitrogens with zero attached hydrogens (tertiary/aromatic N) is 2. The molecule has 1 aromatic heterocycles. The van der Waals surface area contributed by atoms with Crippen LogP contribution in [0.1, 0.15) is 37.0 Å². The third-order valence-electron chi connectivity index (χ3n) is 2.65. The first kappa shape index (κ1) is 14.2. The predicted octanol–water partition coefficient (Wildman–Crippen LogP) is 0.970. The summed E-state index contributed by atoms with van der Waals surface area (Å²) in [6, 6.07) is 0.957. The van der Waals surface area contributed by atoms with E-state index in [9.17, 15) is 9.59 Å². The summed E-state index contributed by atoms with van der Waals surface area (Å²) in [5.41, 5.74) is 0.187. The van der Waals surface area contributed by atoms with Crippen molar-refractivity contribution in [3.63, 3.8) is 0 Å². The number of carbonyl (C=O) groups excluding carboxylic acids is 2. The molecule has 0 spiro atoms. The Labute approximate surface area is 106 Å². The van der Waals surface area contributed by atoms with Crippen molar-refractivity contribution in [2.75, 3.05) is 13.1 Å². The third-order valence-corrected chi connectivity index (χ3v) is 2.65. The summed E-state index contributed by atoms with van der Waals surface area (Å²) in [5, 5.41) is 6.21. The van der Waals surface area contributed by atoms with Gasteiger partial charge in [-0.3, -0.25) is 9.59 Å². The van der Waals surface area contributed by atoms with Gasteiger partial charge in [0.25, 0.3) is 5.91 Å². The van der Waals surface area contributed by atoms with Gasteiger partial charge >= 0.3 is 0 Å². The molecule has 0 fully saturated rings. The predicted molar refractivity (Wildman–Crippen MR) is 66.1 cm³/mol. The first-order valence-corrected chi connectivity index (χ1v) is 6.02. The van der Waals surface area contributed by atoms with Gasteiger partial charge in [0, 0.05) is 19.2 Å². The van der Waals surface area contributed by atoms with Crippen LogP contribution in [0, 0.1) is 6.92 Å². The second kappa shape index (κ2) is 6.18. The van der Waals surface area contributed by atoms with Crippen molar-refractivity contribution in [3.05, 3.63) is 17.5 Å². The van der Waals surface area contributed by atoms with Gasteiger partial charge in [0.2, 0.25) is 5.91 Å². The number of aryl methyl sites for hydroxylation is 1. The number of nitrogens with one attached hydrogen (secondary N) is 1. The molecular weight excluding hydrogens is 234 g/mol. The smallest absolute Gasteiger partial charge is 0.274 e. The van der Waals surface area contributed by atoms with Crippen molar-refractivity contribution in [3.8, 4) is 0 Å². The fraction of sp³-hybridized carbons (Fsp3) is 0.583. The van der Waals surface area contributed by atoms with Crippen molar-refractivity contribution in [2.45, 2.75) is 33.7 Å². The molecule has 1 N–H and O–H groups in total. The van der Waals surface area contributed by atoms with E-state index in [-0.39, 0.29) is 11.6 Å². The fourth-order valence-electron chi connectivity index (χ4n) is 1.61. The van der Waals surface area contributed by atoms with Gasteiger partial charge in [-0.2, -0.15) is 0 Å². The molecule has 18 heavy (non-hydrogen) atoms. The maximum atomic E-state index is 11.9. The molecule has 0 radical (unpaired) electrons. The second-order valence-corrected chi connectivity index (χ2v) is 4.03. The highest BCUT2D eigenvalue weighted by atomic mass is 16.5. The zero-order chi connectivity index (χ0) is 13.7. The van der Waals surface area contributed by atoms with Crippen LogP contribution in [0.25, 0.3) is 0 Å². The van der Waals surface area contributed by atoms with E-state index in [1.54, 1.807) is 18.7 Å². The second-order valence-electron chi connectivity index (χ2n) is 4.03. The van der Waals surface area contributed by atoms with Gasteiger partial charge in [-0.25, -0.2) is 0 Å². The summed E-state index contributed by atoms with van der Waals surface area (Å²) in [6.07, 6.45) is 0. The number of amides is 2. The number of hydrogen-bond donors (Lipinski definition) is 1. The Morgan fingerprint density at radius 1 is 1.44 bits per heavy atom. The quantitative estimate of drug-likeness (QED) is 0.848. The Hall–Kier alpha value is -1.85. The van der Waals surface area contributed by atoms with Crippen molar-refractivity contribution in [1.82, 2.24) is 15.4 Å². The van der Waals surface area contributed by atoms with Crippen LogP contribution >= 0.6 is 0 Å². The molecule has 1 rings (SSSR count). The van der Waals surface area contributed by atoms with Crippen LogP contribution in [0.15, 0.2) is 10.6 Å². The number of hydrogen-bond acceptors (Lipinski definition) is 4. The number of likely N-dealkylation sites (N-methyl/N-ethyl adjacent to an activating group) is 1. The van der Waals surface area contributed by atoms with E-state index in [0.29, 0.717) is 18.8 Å². The number of carbonyl (C=O) groups is 2. The summed E-state index contributed by atoms with van der Waals surface area (Å²) < 4.78 is 4.81. The van der Waals surface area contributed by atoms with Gasteiger partial charge in [-0.1, -0.05) is 5.16 Å². The number of aromatic nitrogens is 1. The van der Waals surface area contributed by atoms with Crippen LogP contribution in [0.2, 0.25) is 0 Å². The lowest BCUT2D eigenvalue weighted by atomic mass is 10.2. The van der Waals surface area contributed by atoms with Crippen LogP contribution in [0.4, 0.5) is 0 Å². The average molecular weight is 253 g/mol. The van der Waals surface area contributed by atoms with E-state index in [0.717, 1.165) is 0 Å². The highest BCUT2D eigenvalue weighted by Gasteiger charge is 2.21. The molecule has 0 saturated carbocycles. The lowest BCUT2D eigenvalue weighted by Gasteiger charge is -2.23. The lowest BCUT2D eigenvalue weighted by Crippen LogP contribution is -2.46. The Morgan fingerprint density at radius 3 is 2.50 bits per heavy atom. The van der Waals surface area contributed by atoms with E-state index in [2.05, 4.69) is 10.5 Å². The van der Waals surface area contributed by atoms with Gasteiger partial charge in [0.1, 0.15) is 11.8 Å². The molecule has 0 bridgehead atoms.